The molecule has 26 heavy (non-hydrogen) atoms. The molecule has 0 saturated carbocycles. The molecule has 3 rings (SSSR count). The maximum absolute atomic E-state index is 11.9. The van der Waals surface area contributed by atoms with E-state index in [1.165, 1.54) is 12.8 Å². The third-order valence-corrected chi connectivity index (χ3v) is 4.13. The average Bonchev–Trinajstić information content (AvgIpc) is 3.20. The molecule has 1 saturated heterocycles. The fourth-order valence-corrected chi connectivity index (χ4v) is 2.81. The van der Waals surface area contributed by atoms with Crippen molar-refractivity contribution in [3.8, 4) is 5.75 Å². The van der Waals surface area contributed by atoms with E-state index in [-0.39, 0.29) is 6.03 Å². The van der Waals surface area contributed by atoms with Gasteiger partial charge in [-0.25, -0.2) is 14.8 Å². The summed E-state index contributed by atoms with van der Waals surface area (Å²) in [7, 11) is 1.59. The minimum absolute atomic E-state index is 0.263. The van der Waals surface area contributed by atoms with Crippen molar-refractivity contribution < 1.29 is 9.53 Å². The predicted molar refractivity (Wildman–Crippen MR) is 102 cm³/mol. The number of hydrogen-bond acceptors (Lipinski definition) is 6. The van der Waals surface area contributed by atoms with Crippen LogP contribution in [0.2, 0.25) is 0 Å². The molecular formula is C18H24N6O2. The fraction of sp³-hybridized carbons (Fsp3) is 0.389. The van der Waals surface area contributed by atoms with Crippen molar-refractivity contribution in [1.29, 1.82) is 0 Å². The third-order valence-electron chi connectivity index (χ3n) is 4.13. The van der Waals surface area contributed by atoms with Crippen LogP contribution in [0, 0.1) is 0 Å². The fourth-order valence-electron chi connectivity index (χ4n) is 2.81. The van der Waals surface area contributed by atoms with Gasteiger partial charge in [0.25, 0.3) is 0 Å². The van der Waals surface area contributed by atoms with E-state index in [0.717, 1.165) is 24.7 Å². The maximum Gasteiger partial charge on any atom is 0.319 e. The number of amides is 2. The molecule has 0 radical (unpaired) electrons. The second-order valence-corrected chi connectivity index (χ2v) is 6.00. The summed E-state index contributed by atoms with van der Waals surface area (Å²) in [4.78, 5) is 22.7. The molecule has 2 aromatic rings. The molecule has 1 fully saturated rings. The smallest absolute Gasteiger partial charge is 0.319 e. The number of rotatable bonds is 7. The van der Waals surface area contributed by atoms with Gasteiger partial charge in [-0.1, -0.05) is 6.07 Å². The summed E-state index contributed by atoms with van der Waals surface area (Å²) in [6.45, 7) is 3.13. The van der Waals surface area contributed by atoms with Crippen LogP contribution in [0.3, 0.4) is 0 Å². The Bertz CT molecular complexity index is 733. The van der Waals surface area contributed by atoms with E-state index < -0.39 is 0 Å². The second kappa shape index (κ2) is 8.89. The number of anilines is 3. The number of ether oxygens (including phenoxy) is 1. The first-order valence-electron chi connectivity index (χ1n) is 8.74. The number of methoxy groups -OCH3 is 1. The van der Waals surface area contributed by atoms with Gasteiger partial charge < -0.3 is 25.6 Å². The molecule has 0 bridgehead atoms. The second-order valence-electron chi connectivity index (χ2n) is 6.00. The topological polar surface area (TPSA) is 91.4 Å². The number of hydrogen-bond donors (Lipinski definition) is 3. The normalized spacial score (nSPS) is 13.3. The molecule has 3 N–H and O–H groups in total. The number of carbonyl (C=O) groups is 1. The van der Waals surface area contributed by atoms with E-state index in [9.17, 15) is 4.79 Å². The van der Waals surface area contributed by atoms with Gasteiger partial charge in [0.2, 0.25) is 0 Å². The zero-order valence-electron chi connectivity index (χ0n) is 14.9. The molecule has 1 aliphatic rings. The number of nitrogens with one attached hydrogen (secondary N) is 3. The molecule has 0 aliphatic carbocycles. The van der Waals surface area contributed by atoms with Crippen molar-refractivity contribution in [3.05, 3.63) is 36.7 Å². The van der Waals surface area contributed by atoms with Crippen molar-refractivity contribution >= 4 is 23.4 Å². The quantitative estimate of drug-likeness (QED) is 0.660. The Kier molecular flexibility index (Phi) is 6.08. The van der Waals surface area contributed by atoms with Crippen LogP contribution >= 0.6 is 0 Å². The predicted octanol–water partition coefficient (Wildman–Crippen LogP) is 2.32. The summed E-state index contributed by atoms with van der Waals surface area (Å²) in [6.07, 6.45) is 3.98. The minimum Gasteiger partial charge on any atom is -0.497 e. The highest BCUT2D eigenvalue weighted by Crippen LogP contribution is 2.19. The largest absolute Gasteiger partial charge is 0.497 e. The lowest BCUT2D eigenvalue weighted by molar-refractivity contribution is 0.252. The van der Waals surface area contributed by atoms with Crippen molar-refractivity contribution in [2.75, 3.05) is 48.8 Å². The molecule has 138 valence electrons. The Balaban J connectivity index is 1.41. The molecule has 8 heteroatoms. The Morgan fingerprint density at radius 2 is 2.04 bits per heavy atom. The van der Waals surface area contributed by atoms with Gasteiger partial charge in [0.1, 0.15) is 23.7 Å². The van der Waals surface area contributed by atoms with Crippen molar-refractivity contribution in [2.45, 2.75) is 12.8 Å². The number of nitrogens with zero attached hydrogens (tertiary/aromatic N) is 3. The summed E-state index contributed by atoms with van der Waals surface area (Å²) in [5.41, 5.74) is 0.681. The molecule has 0 spiro atoms. The molecule has 2 amide bonds. The Morgan fingerprint density at radius 3 is 2.85 bits per heavy atom. The van der Waals surface area contributed by atoms with E-state index in [2.05, 4.69) is 30.8 Å². The van der Waals surface area contributed by atoms with E-state index >= 15 is 0 Å². The van der Waals surface area contributed by atoms with Crippen LogP contribution in [0.5, 0.6) is 5.75 Å². The highest BCUT2D eigenvalue weighted by Gasteiger charge is 2.13. The monoisotopic (exact) mass is 356 g/mol. The SMILES string of the molecule is COc1cccc(NC(=O)NCCNc2cc(N3CCCC3)ncn2)c1. The lowest BCUT2D eigenvalue weighted by Gasteiger charge is -2.16. The molecule has 1 aromatic heterocycles. The Hall–Kier alpha value is -3.03. The summed E-state index contributed by atoms with van der Waals surface area (Å²) in [5, 5.41) is 8.78. The maximum atomic E-state index is 11.9. The van der Waals surface area contributed by atoms with E-state index in [0.29, 0.717) is 24.5 Å². The Labute approximate surface area is 153 Å². The van der Waals surface area contributed by atoms with Crippen LogP contribution in [-0.2, 0) is 0 Å². The van der Waals surface area contributed by atoms with Crippen LogP contribution < -0.4 is 25.6 Å². The Morgan fingerprint density at radius 1 is 1.19 bits per heavy atom. The lowest BCUT2D eigenvalue weighted by atomic mass is 10.3. The molecule has 0 unspecified atom stereocenters. The lowest BCUT2D eigenvalue weighted by Crippen LogP contribution is -2.32. The van der Waals surface area contributed by atoms with E-state index in [4.69, 9.17) is 4.74 Å². The van der Waals surface area contributed by atoms with Gasteiger partial charge in [-0.15, -0.1) is 0 Å². The highest BCUT2D eigenvalue weighted by molar-refractivity contribution is 5.89. The van der Waals surface area contributed by atoms with Crippen LogP contribution in [0.15, 0.2) is 36.7 Å². The summed E-state index contributed by atoms with van der Waals surface area (Å²) < 4.78 is 5.13. The van der Waals surface area contributed by atoms with Crippen molar-refractivity contribution in [2.24, 2.45) is 0 Å². The molecule has 8 nitrogen and oxygen atoms in total. The minimum atomic E-state index is -0.263. The van der Waals surface area contributed by atoms with Crippen LogP contribution in [-0.4, -0.2) is 49.3 Å². The molecular weight excluding hydrogens is 332 g/mol. The van der Waals surface area contributed by atoms with Crippen molar-refractivity contribution in [1.82, 2.24) is 15.3 Å². The van der Waals surface area contributed by atoms with Gasteiger partial charge in [0.05, 0.1) is 7.11 Å². The zero-order chi connectivity index (χ0) is 18.2. The van der Waals surface area contributed by atoms with Gasteiger partial charge in [-0.05, 0) is 25.0 Å². The third kappa shape index (κ3) is 4.98. The summed E-state index contributed by atoms with van der Waals surface area (Å²) in [6, 6.07) is 8.90. The van der Waals surface area contributed by atoms with Gasteiger partial charge >= 0.3 is 6.03 Å². The first-order valence-corrected chi connectivity index (χ1v) is 8.74. The van der Waals surface area contributed by atoms with Gasteiger partial charge in [-0.2, -0.15) is 0 Å². The van der Waals surface area contributed by atoms with Crippen LogP contribution in [0.25, 0.3) is 0 Å². The molecule has 2 heterocycles. The number of benzene rings is 1. The number of urea groups is 1. The van der Waals surface area contributed by atoms with E-state index in [1.54, 1.807) is 25.6 Å². The molecule has 1 aromatic carbocycles. The van der Waals surface area contributed by atoms with Gasteiger partial charge in [0, 0.05) is 44.0 Å². The van der Waals surface area contributed by atoms with E-state index in [1.807, 2.05) is 18.2 Å². The zero-order valence-corrected chi connectivity index (χ0v) is 14.9. The molecule has 0 atom stereocenters. The van der Waals surface area contributed by atoms with Crippen LogP contribution in [0.1, 0.15) is 12.8 Å². The molecule has 1 aliphatic heterocycles. The average molecular weight is 356 g/mol. The number of carbonyl (C=O) groups excluding carboxylic acids is 1. The van der Waals surface area contributed by atoms with Gasteiger partial charge in [0.15, 0.2) is 0 Å². The van der Waals surface area contributed by atoms with Crippen molar-refractivity contribution in [3.63, 3.8) is 0 Å². The summed E-state index contributed by atoms with van der Waals surface area (Å²) in [5.74, 6) is 2.41. The van der Waals surface area contributed by atoms with Gasteiger partial charge in [-0.3, -0.25) is 0 Å². The summed E-state index contributed by atoms with van der Waals surface area (Å²) >= 11 is 0. The highest BCUT2D eigenvalue weighted by atomic mass is 16.5. The number of aromatic nitrogens is 2. The standard InChI is InChI=1S/C18H24N6O2/c1-26-15-6-4-5-14(11-15)23-18(25)20-8-7-19-16-12-17(22-13-21-16)24-9-2-3-10-24/h4-6,11-13H,2-3,7-10H2,1H3,(H,19,21,22)(H2,20,23,25). The van der Waals surface area contributed by atoms with Crippen LogP contribution in [0.4, 0.5) is 22.1 Å². The first-order chi connectivity index (χ1) is 12.7. The first kappa shape index (κ1) is 17.8.